The molecule has 3 heteroatoms. The standard InChI is InChI=1S/C12H14N2O/c1-9(8-13)12(15)14-10(2)11-6-4-3-5-7-11/h3-7,9-10H,1-2H3,(H,14,15)/t9-,10+/m1/s1. The first-order valence-electron chi connectivity index (χ1n) is 4.90. The lowest BCUT2D eigenvalue weighted by Gasteiger charge is -2.14. The number of nitriles is 1. The van der Waals surface area contributed by atoms with Gasteiger partial charge in [-0.15, -0.1) is 0 Å². The second kappa shape index (κ2) is 5.16. The van der Waals surface area contributed by atoms with Crippen LogP contribution in [0.15, 0.2) is 30.3 Å². The molecule has 0 aliphatic rings. The van der Waals surface area contributed by atoms with Gasteiger partial charge in [0.05, 0.1) is 12.1 Å². The largest absolute Gasteiger partial charge is 0.348 e. The molecule has 0 aliphatic carbocycles. The zero-order valence-electron chi connectivity index (χ0n) is 8.90. The van der Waals surface area contributed by atoms with Crippen LogP contribution in [0.4, 0.5) is 0 Å². The molecule has 1 aromatic carbocycles. The molecule has 2 atom stereocenters. The second-order valence-corrected chi connectivity index (χ2v) is 3.49. The van der Waals surface area contributed by atoms with E-state index in [4.69, 9.17) is 5.26 Å². The molecular weight excluding hydrogens is 188 g/mol. The fourth-order valence-corrected chi connectivity index (χ4v) is 1.22. The Hall–Kier alpha value is -1.82. The Morgan fingerprint density at radius 2 is 1.93 bits per heavy atom. The number of hydrogen-bond donors (Lipinski definition) is 1. The first-order valence-corrected chi connectivity index (χ1v) is 4.90. The van der Waals surface area contributed by atoms with Crippen LogP contribution in [0.1, 0.15) is 25.5 Å². The van der Waals surface area contributed by atoms with E-state index in [1.807, 2.05) is 43.3 Å². The molecule has 3 nitrogen and oxygen atoms in total. The van der Waals surface area contributed by atoms with Crippen molar-refractivity contribution in [2.75, 3.05) is 0 Å². The van der Waals surface area contributed by atoms with E-state index in [2.05, 4.69) is 5.32 Å². The van der Waals surface area contributed by atoms with Crippen LogP contribution >= 0.6 is 0 Å². The lowest BCUT2D eigenvalue weighted by molar-refractivity contribution is -0.123. The minimum absolute atomic E-state index is 0.0606. The number of nitrogens with one attached hydrogen (secondary N) is 1. The Morgan fingerprint density at radius 1 is 1.33 bits per heavy atom. The van der Waals surface area contributed by atoms with E-state index >= 15 is 0 Å². The van der Waals surface area contributed by atoms with Crippen molar-refractivity contribution in [2.24, 2.45) is 5.92 Å². The summed E-state index contributed by atoms with van der Waals surface area (Å²) in [6.45, 7) is 3.49. The lowest BCUT2D eigenvalue weighted by atomic mass is 10.1. The highest BCUT2D eigenvalue weighted by atomic mass is 16.1. The van der Waals surface area contributed by atoms with Gasteiger partial charge in [-0.2, -0.15) is 5.26 Å². The number of rotatable bonds is 3. The molecule has 15 heavy (non-hydrogen) atoms. The fourth-order valence-electron chi connectivity index (χ4n) is 1.22. The van der Waals surface area contributed by atoms with Crippen LogP contribution in [0.5, 0.6) is 0 Å². The van der Waals surface area contributed by atoms with Crippen LogP contribution in [0.25, 0.3) is 0 Å². The number of carbonyl (C=O) groups excluding carboxylic acids is 1. The van der Waals surface area contributed by atoms with Gasteiger partial charge in [0.15, 0.2) is 0 Å². The van der Waals surface area contributed by atoms with Crippen molar-refractivity contribution in [2.45, 2.75) is 19.9 Å². The Labute approximate surface area is 89.7 Å². The molecular formula is C12H14N2O. The van der Waals surface area contributed by atoms with Crippen LogP contribution in [0, 0.1) is 17.2 Å². The van der Waals surface area contributed by atoms with Crippen molar-refractivity contribution in [1.82, 2.24) is 5.32 Å². The van der Waals surface area contributed by atoms with Gasteiger partial charge >= 0.3 is 0 Å². The molecule has 1 amide bonds. The summed E-state index contributed by atoms with van der Waals surface area (Å²) >= 11 is 0. The minimum Gasteiger partial charge on any atom is -0.348 e. The molecule has 0 heterocycles. The molecule has 78 valence electrons. The number of carbonyl (C=O) groups is 1. The summed E-state index contributed by atoms with van der Waals surface area (Å²) in [4.78, 5) is 11.4. The van der Waals surface area contributed by atoms with Gasteiger partial charge < -0.3 is 5.32 Å². The van der Waals surface area contributed by atoms with Crippen molar-refractivity contribution in [3.8, 4) is 6.07 Å². The Balaban J connectivity index is 2.61. The van der Waals surface area contributed by atoms with E-state index in [0.717, 1.165) is 5.56 Å². The molecule has 0 unspecified atom stereocenters. The van der Waals surface area contributed by atoms with Crippen molar-refractivity contribution < 1.29 is 4.79 Å². The smallest absolute Gasteiger partial charge is 0.237 e. The quantitative estimate of drug-likeness (QED) is 0.815. The third-order valence-corrected chi connectivity index (χ3v) is 2.25. The Bertz CT molecular complexity index is 367. The molecule has 0 aliphatic heterocycles. The summed E-state index contributed by atoms with van der Waals surface area (Å²) in [6, 6.07) is 11.5. The molecule has 1 rings (SSSR count). The lowest BCUT2D eigenvalue weighted by Crippen LogP contribution is -2.30. The van der Waals surface area contributed by atoms with Gasteiger partial charge in [0.2, 0.25) is 5.91 Å². The van der Waals surface area contributed by atoms with Crippen molar-refractivity contribution in [1.29, 1.82) is 5.26 Å². The average Bonchev–Trinajstić information content (AvgIpc) is 2.29. The monoisotopic (exact) mass is 202 g/mol. The Kier molecular flexibility index (Phi) is 3.87. The summed E-state index contributed by atoms with van der Waals surface area (Å²) < 4.78 is 0. The molecule has 0 fully saturated rings. The van der Waals surface area contributed by atoms with Gasteiger partial charge in [-0.1, -0.05) is 30.3 Å². The predicted octanol–water partition coefficient (Wildman–Crippen LogP) is 2.02. The van der Waals surface area contributed by atoms with Crippen LogP contribution in [-0.2, 0) is 4.79 Å². The molecule has 0 bridgehead atoms. The summed E-state index contributed by atoms with van der Waals surface area (Å²) in [5.41, 5.74) is 1.04. The van der Waals surface area contributed by atoms with Gasteiger partial charge in [-0.3, -0.25) is 4.79 Å². The van der Waals surface area contributed by atoms with E-state index in [1.54, 1.807) is 6.92 Å². The average molecular weight is 202 g/mol. The first kappa shape index (κ1) is 11.3. The summed E-state index contributed by atoms with van der Waals surface area (Å²) in [6.07, 6.45) is 0. The molecule has 0 saturated carbocycles. The fraction of sp³-hybridized carbons (Fsp3) is 0.333. The Morgan fingerprint density at radius 3 is 2.47 bits per heavy atom. The number of benzene rings is 1. The number of hydrogen-bond acceptors (Lipinski definition) is 2. The predicted molar refractivity (Wildman–Crippen MR) is 57.8 cm³/mol. The molecule has 0 radical (unpaired) electrons. The highest BCUT2D eigenvalue weighted by molar-refractivity contribution is 5.80. The van der Waals surface area contributed by atoms with E-state index in [1.165, 1.54) is 0 Å². The molecule has 1 aromatic rings. The maximum Gasteiger partial charge on any atom is 0.237 e. The minimum atomic E-state index is -0.601. The zero-order chi connectivity index (χ0) is 11.3. The van der Waals surface area contributed by atoms with Crippen LogP contribution in [0.2, 0.25) is 0 Å². The SMILES string of the molecule is C[C@H](C#N)C(=O)N[C@@H](C)c1ccccc1. The molecule has 1 N–H and O–H groups in total. The van der Waals surface area contributed by atoms with Gasteiger partial charge in [-0.05, 0) is 19.4 Å². The molecule has 0 saturated heterocycles. The molecule has 0 spiro atoms. The van der Waals surface area contributed by atoms with Gasteiger partial charge in [0.1, 0.15) is 5.92 Å². The van der Waals surface area contributed by atoms with Gasteiger partial charge in [0.25, 0.3) is 0 Å². The topological polar surface area (TPSA) is 52.9 Å². The van der Waals surface area contributed by atoms with Crippen molar-refractivity contribution in [3.63, 3.8) is 0 Å². The van der Waals surface area contributed by atoms with E-state index in [0.29, 0.717) is 0 Å². The van der Waals surface area contributed by atoms with E-state index in [9.17, 15) is 4.79 Å². The number of nitrogens with zero attached hydrogens (tertiary/aromatic N) is 1. The van der Waals surface area contributed by atoms with Crippen molar-refractivity contribution >= 4 is 5.91 Å². The van der Waals surface area contributed by atoms with E-state index in [-0.39, 0.29) is 11.9 Å². The first-order chi connectivity index (χ1) is 7.15. The summed E-state index contributed by atoms with van der Waals surface area (Å²) in [7, 11) is 0. The van der Waals surface area contributed by atoms with E-state index < -0.39 is 5.92 Å². The molecule has 0 aromatic heterocycles. The zero-order valence-corrected chi connectivity index (χ0v) is 8.90. The van der Waals surface area contributed by atoms with Gasteiger partial charge in [0, 0.05) is 0 Å². The summed E-state index contributed by atoms with van der Waals surface area (Å²) in [5.74, 6) is -0.829. The second-order valence-electron chi connectivity index (χ2n) is 3.49. The van der Waals surface area contributed by atoms with Crippen molar-refractivity contribution in [3.05, 3.63) is 35.9 Å². The maximum absolute atomic E-state index is 11.4. The maximum atomic E-state index is 11.4. The van der Waals surface area contributed by atoms with Gasteiger partial charge in [-0.25, -0.2) is 0 Å². The van der Waals surface area contributed by atoms with Crippen LogP contribution in [0.3, 0.4) is 0 Å². The highest BCUT2D eigenvalue weighted by Gasteiger charge is 2.14. The van der Waals surface area contributed by atoms with Crippen LogP contribution < -0.4 is 5.32 Å². The third kappa shape index (κ3) is 3.10. The third-order valence-electron chi connectivity index (χ3n) is 2.25. The summed E-state index contributed by atoms with van der Waals surface area (Å²) in [5, 5.41) is 11.4. The van der Waals surface area contributed by atoms with Crippen LogP contribution in [-0.4, -0.2) is 5.91 Å². The normalized spacial score (nSPS) is 13.7. The highest BCUT2D eigenvalue weighted by Crippen LogP contribution is 2.11. The number of amides is 1.